The Bertz CT molecular complexity index is 1640. The van der Waals surface area contributed by atoms with E-state index in [9.17, 15) is 4.79 Å². The second kappa shape index (κ2) is 14.9. The van der Waals surface area contributed by atoms with E-state index in [0.29, 0.717) is 40.3 Å². The van der Waals surface area contributed by atoms with Crippen molar-refractivity contribution >= 4 is 66.9 Å². The lowest BCUT2D eigenvalue weighted by molar-refractivity contribution is -0.130. The van der Waals surface area contributed by atoms with E-state index < -0.39 is 11.6 Å². The van der Waals surface area contributed by atoms with Crippen LogP contribution in [0.25, 0.3) is 0 Å². The molecule has 0 unspecified atom stereocenters. The van der Waals surface area contributed by atoms with Crippen molar-refractivity contribution in [2.75, 3.05) is 13.2 Å². The number of carbonyl (C=O) groups excluding carboxylic acids is 1. The summed E-state index contributed by atoms with van der Waals surface area (Å²) in [4.78, 5) is 19.4. The second-order valence-corrected chi connectivity index (χ2v) is 12.8. The van der Waals surface area contributed by atoms with E-state index in [2.05, 4.69) is 42.7 Å². The van der Waals surface area contributed by atoms with E-state index in [1.54, 1.807) is 18.2 Å². The number of aliphatic hydroxyl groups excluding tert-OH is 1. The lowest BCUT2D eigenvalue weighted by Gasteiger charge is -2.31. The summed E-state index contributed by atoms with van der Waals surface area (Å²) in [6.45, 7) is 0.732. The fraction of sp³-hybridized carbons (Fsp3) is 0.212. The molecule has 1 aliphatic rings. The van der Waals surface area contributed by atoms with Gasteiger partial charge in [0.05, 0.1) is 6.61 Å². The number of halogens is 4. The van der Waals surface area contributed by atoms with Crippen molar-refractivity contribution in [3.05, 3.63) is 132 Å². The Labute approximate surface area is 282 Å². The number of carbonyl (C=O) groups is 1. The molecular weight excluding hydrogens is 733 g/mol. The normalized spacial score (nSPS) is 17.6. The largest absolute Gasteiger partial charge is 0.494 e. The number of benzene rings is 4. The molecule has 7 nitrogen and oxygen atoms in total. The third-order valence-electron chi connectivity index (χ3n) is 7.10. The molecule has 5 rings (SSSR count). The minimum absolute atomic E-state index is 0.0588. The number of rotatable bonds is 12. The molecule has 0 radical (unpaired) electrons. The van der Waals surface area contributed by atoms with Crippen LogP contribution in [0.4, 0.5) is 0 Å². The highest BCUT2D eigenvalue weighted by Crippen LogP contribution is 2.44. The van der Waals surface area contributed by atoms with Gasteiger partial charge in [-0.05, 0) is 65.7 Å². The third kappa shape index (κ3) is 7.65. The number of hydrazine groups is 1. The fourth-order valence-electron chi connectivity index (χ4n) is 4.85. The smallest absolute Gasteiger partial charge is 0.266 e. The number of amides is 1. The summed E-state index contributed by atoms with van der Waals surface area (Å²) in [5.74, 6) is 0.623. The number of hydrogen-bond acceptors (Lipinski definition) is 6. The van der Waals surface area contributed by atoms with E-state index in [0.717, 1.165) is 25.6 Å². The maximum absolute atomic E-state index is 14.4. The summed E-state index contributed by atoms with van der Waals surface area (Å²) in [5, 5.41) is 10.1. The number of nitrogens with zero attached hydrogens (tertiary/aromatic N) is 1. The summed E-state index contributed by atoms with van der Waals surface area (Å²) in [5.41, 5.74) is 7.68. The van der Waals surface area contributed by atoms with Crippen LogP contribution in [0.1, 0.15) is 34.8 Å². The molecule has 1 amide bonds. The molecule has 4 aromatic rings. The van der Waals surface area contributed by atoms with E-state index >= 15 is 0 Å². The third-order valence-corrected chi connectivity index (χ3v) is 8.94. The molecule has 3 N–H and O–H groups in total. The van der Waals surface area contributed by atoms with Crippen LogP contribution in [0.3, 0.4) is 0 Å². The Hall–Kier alpha value is -2.92. The molecule has 0 bridgehead atoms. The predicted molar refractivity (Wildman–Crippen MR) is 180 cm³/mol. The fourth-order valence-corrected chi connectivity index (χ4v) is 6.09. The van der Waals surface area contributed by atoms with Crippen molar-refractivity contribution in [3.8, 4) is 5.75 Å². The maximum atomic E-state index is 14.4. The molecule has 0 saturated heterocycles. The standard InChI is InChI=1S/C33H29Br2Cl2N3O4/c34-24-11-6-21(7-12-24)19-33(32(42)40-38-20-23-8-13-25(36)18-29(23)37)30(27-4-1-2-5-28(27)35)44-31(39-33)22-9-14-26(15-10-22)43-17-3-16-41/h1-2,4-15,18,30,38,41H,3,16-17,19-20H2,(H,40,42)/t30-,33-/m0/s1. The summed E-state index contributed by atoms with van der Waals surface area (Å²) in [6, 6.07) is 28.0. The van der Waals surface area contributed by atoms with Crippen LogP contribution in [-0.4, -0.2) is 35.7 Å². The van der Waals surface area contributed by atoms with Gasteiger partial charge in [0.15, 0.2) is 11.6 Å². The van der Waals surface area contributed by atoms with Gasteiger partial charge in [0, 0.05) is 56.1 Å². The lowest BCUT2D eigenvalue weighted by Crippen LogP contribution is -2.53. The molecule has 0 fully saturated rings. The van der Waals surface area contributed by atoms with Crippen LogP contribution >= 0.6 is 55.1 Å². The van der Waals surface area contributed by atoms with Crippen LogP contribution in [0.5, 0.6) is 5.75 Å². The number of hydrogen-bond donors (Lipinski definition) is 3. The van der Waals surface area contributed by atoms with Crippen molar-refractivity contribution in [3.63, 3.8) is 0 Å². The highest BCUT2D eigenvalue weighted by Gasteiger charge is 2.54. The van der Waals surface area contributed by atoms with Crippen molar-refractivity contribution in [1.29, 1.82) is 0 Å². The maximum Gasteiger partial charge on any atom is 0.266 e. The van der Waals surface area contributed by atoms with E-state index in [1.165, 1.54) is 0 Å². The zero-order chi connectivity index (χ0) is 31.1. The van der Waals surface area contributed by atoms with Crippen molar-refractivity contribution < 1.29 is 19.4 Å². The highest BCUT2D eigenvalue weighted by atomic mass is 79.9. The quantitative estimate of drug-likeness (QED) is 0.102. The first-order valence-corrected chi connectivity index (χ1v) is 16.2. The van der Waals surface area contributed by atoms with Gasteiger partial charge in [0.25, 0.3) is 5.91 Å². The summed E-state index contributed by atoms with van der Waals surface area (Å²) >= 11 is 19.6. The molecule has 1 aliphatic heterocycles. The van der Waals surface area contributed by atoms with Crippen LogP contribution in [-0.2, 0) is 22.5 Å². The van der Waals surface area contributed by atoms with Gasteiger partial charge in [-0.15, -0.1) is 0 Å². The van der Waals surface area contributed by atoms with E-state index in [4.69, 9.17) is 42.8 Å². The first kappa shape index (κ1) is 32.5. The summed E-state index contributed by atoms with van der Waals surface area (Å²) in [7, 11) is 0. The van der Waals surface area contributed by atoms with Gasteiger partial charge in [-0.2, -0.15) is 0 Å². The molecule has 4 aromatic carbocycles. The topological polar surface area (TPSA) is 92.2 Å². The van der Waals surface area contributed by atoms with Crippen molar-refractivity contribution in [1.82, 2.24) is 10.9 Å². The van der Waals surface area contributed by atoms with Gasteiger partial charge in [-0.1, -0.05) is 91.5 Å². The monoisotopic (exact) mass is 759 g/mol. The number of aliphatic imine (C=N–C) groups is 1. The number of ether oxygens (including phenoxy) is 2. The minimum atomic E-state index is -1.39. The SMILES string of the molecule is O=C(NNCc1ccc(Cl)cc1Cl)[C@@]1(Cc2ccc(Br)cc2)N=C(c2ccc(OCCCO)cc2)O[C@H]1c1ccccc1Br. The Morgan fingerprint density at radius 1 is 1.00 bits per heavy atom. The lowest BCUT2D eigenvalue weighted by atomic mass is 9.82. The van der Waals surface area contributed by atoms with Gasteiger partial charge >= 0.3 is 0 Å². The average Bonchev–Trinajstić information content (AvgIpc) is 3.40. The number of aliphatic hydroxyl groups is 1. The molecule has 11 heteroatoms. The van der Waals surface area contributed by atoms with Crippen LogP contribution in [0.15, 0.2) is 105 Å². The first-order valence-electron chi connectivity index (χ1n) is 13.9. The summed E-state index contributed by atoms with van der Waals surface area (Å²) < 4.78 is 14.0. The molecule has 0 aliphatic carbocycles. The first-order chi connectivity index (χ1) is 21.3. The molecule has 228 valence electrons. The Kier molecular flexibility index (Phi) is 11.0. The van der Waals surface area contributed by atoms with Gasteiger partial charge in [-0.25, -0.2) is 10.4 Å². The Balaban J connectivity index is 1.52. The van der Waals surface area contributed by atoms with E-state index in [-0.39, 0.29) is 25.5 Å². The molecule has 2 atom stereocenters. The molecule has 0 aromatic heterocycles. The zero-order valence-corrected chi connectivity index (χ0v) is 28.1. The highest BCUT2D eigenvalue weighted by molar-refractivity contribution is 9.10. The molecule has 1 heterocycles. The van der Waals surface area contributed by atoms with Crippen molar-refractivity contribution in [2.24, 2.45) is 4.99 Å². The molecule has 0 spiro atoms. The van der Waals surface area contributed by atoms with Gasteiger partial charge in [0.2, 0.25) is 5.90 Å². The van der Waals surface area contributed by atoms with Gasteiger partial charge in [-0.3, -0.25) is 10.2 Å². The molecule has 0 saturated carbocycles. The average molecular weight is 762 g/mol. The van der Waals surface area contributed by atoms with E-state index in [1.807, 2.05) is 72.8 Å². The number of nitrogens with one attached hydrogen (secondary N) is 2. The summed E-state index contributed by atoms with van der Waals surface area (Å²) in [6.07, 6.45) is 0.0305. The second-order valence-electron chi connectivity index (χ2n) is 10.2. The van der Waals surface area contributed by atoms with Crippen LogP contribution < -0.4 is 15.6 Å². The van der Waals surface area contributed by atoms with Crippen molar-refractivity contribution in [2.45, 2.75) is 31.0 Å². The Morgan fingerprint density at radius 3 is 2.45 bits per heavy atom. The van der Waals surface area contributed by atoms with Gasteiger partial charge < -0.3 is 14.6 Å². The Morgan fingerprint density at radius 2 is 1.75 bits per heavy atom. The van der Waals surface area contributed by atoms with Gasteiger partial charge in [0.1, 0.15) is 5.75 Å². The molecular formula is C33H29Br2Cl2N3O4. The van der Waals surface area contributed by atoms with Crippen LogP contribution in [0.2, 0.25) is 10.0 Å². The minimum Gasteiger partial charge on any atom is -0.494 e. The zero-order valence-electron chi connectivity index (χ0n) is 23.4. The van der Waals surface area contributed by atoms with Crippen LogP contribution in [0, 0.1) is 0 Å². The predicted octanol–water partition coefficient (Wildman–Crippen LogP) is 7.60. The molecule has 44 heavy (non-hydrogen) atoms.